The first-order valence-corrected chi connectivity index (χ1v) is 34.9. The van der Waals surface area contributed by atoms with Crippen molar-refractivity contribution in [3.63, 3.8) is 0 Å². The lowest BCUT2D eigenvalue weighted by atomic mass is 9.84. The van der Waals surface area contributed by atoms with Gasteiger partial charge >= 0.3 is 0 Å². The van der Waals surface area contributed by atoms with Gasteiger partial charge in [0, 0.05) is 52.7 Å². The van der Waals surface area contributed by atoms with Crippen LogP contribution < -0.4 is 0 Å². The summed E-state index contributed by atoms with van der Waals surface area (Å²) in [5, 5.41) is 17.0. The normalized spacial score (nSPS) is 11.5. The molecule has 0 aliphatic heterocycles. The van der Waals surface area contributed by atoms with Gasteiger partial charge in [0.2, 0.25) is 0 Å². The average molecular weight is 1310 g/mol. The minimum Gasteiger partial charge on any atom is -0.292 e. The van der Waals surface area contributed by atoms with Gasteiger partial charge in [0.15, 0.2) is 0 Å². The molecular formula is C97H62N6. The molecule has 0 bridgehead atoms. The quantitative estimate of drug-likeness (QED) is 0.128. The van der Waals surface area contributed by atoms with Gasteiger partial charge in [0.25, 0.3) is 0 Å². The van der Waals surface area contributed by atoms with Crippen LogP contribution in [0.1, 0.15) is 0 Å². The number of hydrogen-bond donors (Lipinski definition) is 0. The fraction of sp³-hybridized carbons (Fsp3) is 0. The van der Waals surface area contributed by atoms with E-state index in [9.17, 15) is 0 Å². The molecule has 0 spiro atoms. The van der Waals surface area contributed by atoms with Crippen molar-refractivity contribution in [2.24, 2.45) is 0 Å². The van der Waals surface area contributed by atoms with Crippen molar-refractivity contribution in [2.45, 2.75) is 0 Å². The van der Waals surface area contributed by atoms with Crippen LogP contribution in [-0.4, -0.2) is 29.5 Å². The molecule has 0 aliphatic rings. The lowest BCUT2D eigenvalue weighted by Crippen LogP contribution is -1.97. The molecule has 20 aromatic rings. The van der Waals surface area contributed by atoms with Gasteiger partial charge in [-0.15, -0.1) is 0 Å². The van der Waals surface area contributed by atoms with Gasteiger partial charge in [-0.05, 0) is 223 Å². The zero-order chi connectivity index (χ0) is 68.2. The van der Waals surface area contributed by atoms with Crippen LogP contribution in [0.2, 0.25) is 0 Å². The second-order valence-electron chi connectivity index (χ2n) is 26.3. The van der Waals surface area contributed by atoms with Crippen molar-refractivity contribution in [3.05, 3.63) is 377 Å². The molecule has 480 valence electrons. The molecule has 20 rings (SSSR count). The Morgan fingerprint density at radius 1 is 0.204 bits per heavy atom. The highest BCUT2D eigenvalue weighted by atomic mass is 15.1. The summed E-state index contributed by atoms with van der Waals surface area (Å²) in [5.41, 5.74) is 21.7. The summed E-state index contributed by atoms with van der Waals surface area (Å²) in [4.78, 5) is 24.1. The van der Waals surface area contributed by atoms with Crippen LogP contribution in [-0.2, 0) is 0 Å². The molecule has 0 N–H and O–H groups in total. The van der Waals surface area contributed by atoms with Gasteiger partial charge in [-0.1, -0.05) is 255 Å². The monoisotopic (exact) mass is 1310 g/mol. The van der Waals surface area contributed by atoms with E-state index in [2.05, 4.69) is 330 Å². The maximum Gasteiger partial charge on any atom is 0.145 e. The fourth-order valence-corrected chi connectivity index (χ4v) is 15.3. The minimum atomic E-state index is 0.848. The molecule has 0 amide bonds. The predicted octanol–water partition coefficient (Wildman–Crippen LogP) is 25.4. The molecule has 0 atom stereocenters. The molecule has 5 aromatic heterocycles. The Kier molecular flexibility index (Phi) is 15.1. The number of para-hydroxylation sites is 3. The zero-order valence-corrected chi connectivity index (χ0v) is 56.0. The molecule has 0 radical (unpaired) electrons. The Bertz CT molecular complexity index is 6630. The summed E-state index contributed by atoms with van der Waals surface area (Å²) in [6.07, 6.45) is 7.52. The van der Waals surface area contributed by atoms with Gasteiger partial charge in [0.05, 0.1) is 33.8 Å². The van der Waals surface area contributed by atoms with E-state index in [1.54, 1.807) is 6.20 Å². The lowest BCUT2D eigenvalue weighted by molar-refractivity contribution is 1.10. The van der Waals surface area contributed by atoms with Crippen molar-refractivity contribution >= 4 is 86.4 Å². The Morgan fingerprint density at radius 3 is 1.17 bits per heavy atom. The van der Waals surface area contributed by atoms with Crippen molar-refractivity contribution < 1.29 is 0 Å². The first-order valence-electron chi connectivity index (χ1n) is 34.9. The van der Waals surface area contributed by atoms with Crippen LogP contribution in [0.4, 0.5) is 0 Å². The number of hydrogen-bond acceptors (Lipinski definition) is 5. The van der Waals surface area contributed by atoms with Crippen LogP contribution in [0.25, 0.3) is 193 Å². The fourth-order valence-electron chi connectivity index (χ4n) is 15.3. The smallest absolute Gasteiger partial charge is 0.145 e. The standard InChI is InChI=1S/C53H34N2.C44H28N4/c1-2-16-44(17-3-1)55-50-21-11-10-20-49(50)54-53(55)38-26-22-37(23-27-38)41-30-31-47-48(34-41)52(43-29-25-36-13-5-7-15-40(36)33-43)46-19-9-8-18-45(46)51(47)42-28-24-35-12-4-6-14-39(35)32-42;1-2-10-30-25-31(16-15-29(30)9-1)32-17-20-37-38(26-32)44(42-22-18-33(27-48-42)39-13-5-7-23-45-39)36-12-4-3-11-35(36)43(37)34-19-21-41(47-28-34)40-14-6-8-24-46-40/h1-34H;1-28H. The number of pyridine rings is 4. The van der Waals surface area contributed by atoms with E-state index in [0.29, 0.717) is 0 Å². The molecule has 103 heavy (non-hydrogen) atoms. The SMILES string of the molecule is c1ccc(-c2ccc(-c3c4ccccc4c(-c4ccc(-c5ccccn5)nc4)c4ccc(-c5ccc6ccccc6c5)cc34)nc2)nc1.c1ccc(-n2c(-c3ccc(-c4ccc5c(-c6ccc7ccccc7c6)c6ccccc6c(-c6ccc7ccccc7c6)c5c4)cc3)nc3ccccc32)cc1. The van der Waals surface area contributed by atoms with Gasteiger partial charge in [0.1, 0.15) is 5.82 Å². The summed E-state index contributed by atoms with van der Waals surface area (Å²) < 4.78 is 2.26. The first kappa shape index (κ1) is 60.4. The summed E-state index contributed by atoms with van der Waals surface area (Å²) in [6, 6.07) is 126. The number of benzene rings is 15. The number of fused-ring (bicyclic) bond motifs is 8. The average Bonchev–Trinajstić information content (AvgIpc) is 1.40. The van der Waals surface area contributed by atoms with Crippen LogP contribution in [0.5, 0.6) is 0 Å². The molecule has 0 unspecified atom stereocenters. The number of imidazole rings is 1. The predicted molar refractivity (Wildman–Crippen MR) is 430 cm³/mol. The van der Waals surface area contributed by atoms with E-state index in [1.165, 1.54) is 87.2 Å². The van der Waals surface area contributed by atoms with Gasteiger partial charge < -0.3 is 0 Å². The Labute approximate surface area is 595 Å². The van der Waals surface area contributed by atoms with E-state index in [-0.39, 0.29) is 0 Å². The van der Waals surface area contributed by atoms with Gasteiger partial charge in [-0.3, -0.25) is 24.5 Å². The number of aromatic nitrogens is 6. The molecule has 6 heteroatoms. The maximum absolute atomic E-state index is 5.12. The number of nitrogens with zero attached hydrogens (tertiary/aromatic N) is 6. The second kappa shape index (κ2) is 25.8. The zero-order valence-electron chi connectivity index (χ0n) is 56.0. The minimum absolute atomic E-state index is 0.848. The molecule has 6 nitrogen and oxygen atoms in total. The third-order valence-corrected chi connectivity index (χ3v) is 20.2. The summed E-state index contributed by atoms with van der Waals surface area (Å²) in [7, 11) is 0. The molecule has 0 saturated heterocycles. The van der Waals surface area contributed by atoms with Crippen molar-refractivity contribution in [2.75, 3.05) is 0 Å². The highest BCUT2D eigenvalue weighted by molar-refractivity contribution is 6.24. The van der Waals surface area contributed by atoms with Crippen LogP contribution in [0.15, 0.2) is 377 Å². The summed E-state index contributed by atoms with van der Waals surface area (Å²) >= 11 is 0. The van der Waals surface area contributed by atoms with Crippen LogP contribution >= 0.6 is 0 Å². The largest absolute Gasteiger partial charge is 0.292 e. The molecule has 15 aromatic carbocycles. The van der Waals surface area contributed by atoms with E-state index >= 15 is 0 Å². The molecule has 0 fully saturated rings. The van der Waals surface area contributed by atoms with Crippen LogP contribution in [0, 0.1) is 0 Å². The molecule has 0 saturated carbocycles. The second-order valence-corrected chi connectivity index (χ2v) is 26.3. The van der Waals surface area contributed by atoms with Gasteiger partial charge in [-0.2, -0.15) is 0 Å². The molecule has 5 heterocycles. The van der Waals surface area contributed by atoms with Crippen molar-refractivity contribution in [1.82, 2.24) is 29.5 Å². The maximum atomic E-state index is 5.12. The number of rotatable bonds is 10. The highest BCUT2D eigenvalue weighted by Crippen LogP contribution is 2.48. The molecule has 0 aliphatic carbocycles. The molecular weight excluding hydrogens is 1250 g/mol. The van der Waals surface area contributed by atoms with Crippen LogP contribution in [0.3, 0.4) is 0 Å². The van der Waals surface area contributed by atoms with E-state index < -0.39 is 0 Å². The Morgan fingerprint density at radius 2 is 0.592 bits per heavy atom. The highest BCUT2D eigenvalue weighted by Gasteiger charge is 2.22. The topological polar surface area (TPSA) is 69.4 Å². The van der Waals surface area contributed by atoms with E-state index in [1.807, 2.05) is 55.0 Å². The third-order valence-electron chi connectivity index (χ3n) is 20.2. The Balaban J connectivity index is 0.000000144. The van der Waals surface area contributed by atoms with Crippen molar-refractivity contribution in [3.8, 4) is 107 Å². The summed E-state index contributed by atoms with van der Waals surface area (Å²) in [6.45, 7) is 0. The van der Waals surface area contributed by atoms with E-state index in [0.717, 1.165) is 106 Å². The van der Waals surface area contributed by atoms with Gasteiger partial charge in [-0.25, -0.2) is 4.98 Å². The lowest BCUT2D eigenvalue weighted by Gasteiger charge is -2.19. The first-order chi connectivity index (χ1) is 51.1. The van der Waals surface area contributed by atoms with Crippen molar-refractivity contribution in [1.29, 1.82) is 0 Å². The van der Waals surface area contributed by atoms with E-state index in [4.69, 9.17) is 15.0 Å². The Hall–Kier alpha value is -13.8. The third kappa shape index (κ3) is 11.1. The summed E-state index contributed by atoms with van der Waals surface area (Å²) in [5.74, 6) is 0.933.